The minimum absolute atomic E-state index is 0.0636. The van der Waals surface area contributed by atoms with Gasteiger partial charge in [0, 0.05) is 28.3 Å². The Morgan fingerprint density at radius 2 is 1.56 bits per heavy atom. The van der Waals surface area contributed by atoms with Crippen molar-refractivity contribution in [2.24, 2.45) is 29.6 Å². The lowest BCUT2D eigenvalue weighted by atomic mass is 9.81. The van der Waals surface area contributed by atoms with Crippen LogP contribution in [-0.4, -0.2) is 46.5 Å². The summed E-state index contributed by atoms with van der Waals surface area (Å²) in [6.07, 6.45) is 0.939. The van der Waals surface area contributed by atoms with Crippen LogP contribution in [0.2, 0.25) is 0 Å². The number of anilines is 2. The van der Waals surface area contributed by atoms with Crippen molar-refractivity contribution in [3.63, 3.8) is 0 Å². The zero-order valence-corrected chi connectivity index (χ0v) is 24.7. The third-order valence-electron chi connectivity index (χ3n) is 8.53. The maximum absolute atomic E-state index is 13.4. The molecule has 0 aromatic heterocycles. The average molecular weight is 660 g/mol. The van der Waals surface area contributed by atoms with E-state index in [1.807, 2.05) is 6.92 Å². The summed E-state index contributed by atoms with van der Waals surface area (Å²) in [5.74, 6) is -0.804. The number of hydrogen-bond acceptors (Lipinski definition) is 6. The van der Waals surface area contributed by atoms with Crippen LogP contribution in [0, 0.1) is 36.5 Å². The van der Waals surface area contributed by atoms with Gasteiger partial charge in [0.1, 0.15) is 11.5 Å². The fourth-order valence-electron chi connectivity index (χ4n) is 6.73. The minimum atomic E-state index is -0.602. The molecular formula is C29H28Br2N2O6. The monoisotopic (exact) mass is 658 g/mol. The first kappa shape index (κ1) is 26.5. The smallest absolute Gasteiger partial charge is 0.316 e. The Morgan fingerprint density at radius 3 is 2.15 bits per heavy atom. The first-order valence-corrected chi connectivity index (χ1v) is 15.0. The Labute approximate surface area is 243 Å². The molecule has 6 rings (SSSR count). The van der Waals surface area contributed by atoms with Crippen molar-refractivity contribution in [3.8, 4) is 11.5 Å². The number of hydrogen-bond donors (Lipinski definition) is 0. The van der Waals surface area contributed by atoms with E-state index in [-0.39, 0.29) is 64.0 Å². The summed E-state index contributed by atoms with van der Waals surface area (Å²) in [4.78, 5) is 55.7. The van der Waals surface area contributed by atoms with Gasteiger partial charge in [0.2, 0.25) is 17.7 Å². The fraction of sp³-hybridized carbons (Fsp3) is 0.448. The molecule has 3 amide bonds. The van der Waals surface area contributed by atoms with E-state index in [4.69, 9.17) is 9.47 Å². The summed E-state index contributed by atoms with van der Waals surface area (Å²) >= 11 is 7.44. The van der Waals surface area contributed by atoms with E-state index in [1.54, 1.807) is 54.3 Å². The number of benzene rings is 2. The van der Waals surface area contributed by atoms with Crippen LogP contribution in [0.4, 0.5) is 11.4 Å². The highest BCUT2D eigenvalue weighted by atomic mass is 79.9. The number of ether oxygens (including phenoxy) is 2. The average Bonchev–Trinajstić information content (AvgIpc) is 3.63. The second-order valence-corrected chi connectivity index (χ2v) is 12.8. The van der Waals surface area contributed by atoms with Gasteiger partial charge in [-0.3, -0.25) is 19.2 Å². The maximum Gasteiger partial charge on any atom is 0.316 e. The number of carbonyl (C=O) groups is 4. The van der Waals surface area contributed by atoms with Crippen LogP contribution in [0.1, 0.15) is 25.3 Å². The van der Waals surface area contributed by atoms with Gasteiger partial charge in [-0.15, -0.1) is 0 Å². The number of carbonyl (C=O) groups excluding carboxylic acids is 4. The summed E-state index contributed by atoms with van der Waals surface area (Å²) in [7, 11) is 0. The second-order valence-electron chi connectivity index (χ2n) is 10.7. The standard InChI is InChI=1S/C29H28Br2N2O6/c1-3-38-17-6-4-16(5-7-17)32-13-15(11-22(32)34)29(37)39-18-8-9-21(14(2)10-18)33-27(35)23-19-12-20(24(23)28(33)36)26(31)25(19)30/h4-10,15,19-20,23-26H,3,11-13H2,1-2H3/t15-,19-,20-,23-,24+,25+,26+/m1/s1. The number of fused-ring (bicyclic) bond motifs is 5. The predicted molar refractivity (Wildman–Crippen MR) is 151 cm³/mol. The Hall–Kier alpha value is -2.72. The number of aryl methyl sites for hydroxylation is 1. The van der Waals surface area contributed by atoms with Gasteiger partial charge in [-0.1, -0.05) is 31.9 Å². The van der Waals surface area contributed by atoms with E-state index in [9.17, 15) is 19.2 Å². The molecule has 0 N–H and O–H groups in total. The number of esters is 1. The fourth-order valence-corrected chi connectivity index (χ4v) is 8.61. The highest BCUT2D eigenvalue weighted by Crippen LogP contribution is 2.60. The number of imide groups is 1. The molecule has 204 valence electrons. The summed E-state index contributed by atoms with van der Waals surface area (Å²) in [5, 5.41) is 0. The number of amides is 3. The quantitative estimate of drug-likeness (QED) is 0.194. The van der Waals surface area contributed by atoms with Gasteiger partial charge in [-0.2, -0.15) is 0 Å². The molecule has 0 radical (unpaired) electrons. The van der Waals surface area contributed by atoms with Crippen molar-refractivity contribution < 1.29 is 28.7 Å². The lowest BCUT2D eigenvalue weighted by Gasteiger charge is -2.28. The molecule has 7 atom stereocenters. The van der Waals surface area contributed by atoms with Crippen molar-refractivity contribution in [1.29, 1.82) is 0 Å². The molecule has 2 saturated carbocycles. The summed E-state index contributed by atoms with van der Waals surface area (Å²) < 4.78 is 11.1. The molecule has 2 aromatic rings. The van der Waals surface area contributed by atoms with E-state index in [2.05, 4.69) is 31.9 Å². The summed E-state index contributed by atoms with van der Waals surface area (Å²) in [5.41, 5.74) is 1.89. The van der Waals surface area contributed by atoms with Crippen LogP contribution >= 0.6 is 31.9 Å². The zero-order chi connectivity index (χ0) is 27.6. The number of halogens is 2. The summed E-state index contributed by atoms with van der Waals surface area (Å²) in [6, 6.07) is 12.1. The number of nitrogens with zero attached hydrogens (tertiary/aromatic N) is 2. The molecule has 0 spiro atoms. The maximum atomic E-state index is 13.4. The van der Waals surface area contributed by atoms with Crippen molar-refractivity contribution in [1.82, 2.24) is 0 Å². The van der Waals surface area contributed by atoms with E-state index < -0.39 is 11.9 Å². The molecule has 2 aliphatic heterocycles. The zero-order valence-electron chi connectivity index (χ0n) is 21.5. The number of rotatable bonds is 6. The highest BCUT2D eigenvalue weighted by molar-refractivity contribution is 9.12. The van der Waals surface area contributed by atoms with Crippen LogP contribution in [0.3, 0.4) is 0 Å². The van der Waals surface area contributed by atoms with Gasteiger partial charge in [-0.25, -0.2) is 4.90 Å². The molecule has 8 nitrogen and oxygen atoms in total. The topological polar surface area (TPSA) is 93.2 Å². The molecule has 4 fully saturated rings. The summed E-state index contributed by atoms with van der Waals surface area (Å²) in [6.45, 7) is 4.48. The van der Waals surface area contributed by atoms with Gasteiger partial charge < -0.3 is 14.4 Å². The van der Waals surface area contributed by atoms with E-state index >= 15 is 0 Å². The van der Waals surface area contributed by atoms with Gasteiger partial charge >= 0.3 is 5.97 Å². The Bertz CT molecular complexity index is 1330. The van der Waals surface area contributed by atoms with Crippen molar-refractivity contribution in [2.75, 3.05) is 23.0 Å². The Balaban J connectivity index is 1.13. The molecule has 2 aromatic carbocycles. The highest BCUT2D eigenvalue weighted by Gasteiger charge is 2.66. The third-order valence-corrected chi connectivity index (χ3v) is 11.7. The largest absolute Gasteiger partial charge is 0.494 e. The van der Waals surface area contributed by atoms with Crippen molar-refractivity contribution >= 4 is 66.9 Å². The van der Waals surface area contributed by atoms with Gasteiger partial charge in [-0.05, 0) is 80.1 Å². The molecule has 2 heterocycles. The van der Waals surface area contributed by atoms with Crippen LogP contribution in [-0.2, 0) is 19.2 Å². The minimum Gasteiger partial charge on any atom is -0.494 e. The van der Waals surface area contributed by atoms with E-state index in [1.165, 1.54) is 4.90 Å². The molecule has 10 heteroatoms. The molecule has 4 aliphatic rings. The van der Waals surface area contributed by atoms with Crippen LogP contribution in [0.5, 0.6) is 11.5 Å². The predicted octanol–water partition coefficient (Wildman–Crippen LogP) is 4.63. The second kappa shape index (κ2) is 10.0. The molecule has 0 unspecified atom stereocenters. The van der Waals surface area contributed by atoms with Crippen LogP contribution in [0.15, 0.2) is 42.5 Å². The Morgan fingerprint density at radius 1 is 0.949 bits per heavy atom. The number of alkyl halides is 2. The molecular weight excluding hydrogens is 632 g/mol. The lowest BCUT2D eigenvalue weighted by Crippen LogP contribution is -2.37. The molecule has 2 bridgehead atoms. The SMILES string of the molecule is CCOc1ccc(N2C[C@H](C(=O)Oc3ccc(N4C(=O)[C@@H]5[C@H]6C[C@@H]([C@H](Br)[C@H]6Br)[C@@H]5C4=O)c(C)c3)CC2=O)cc1. The van der Waals surface area contributed by atoms with Crippen molar-refractivity contribution in [3.05, 3.63) is 48.0 Å². The van der Waals surface area contributed by atoms with Crippen LogP contribution < -0.4 is 19.3 Å². The van der Waals surface area contributed by atoms with Crippen molar-refractivity contribution in [2.45, 2.75) is 36.3 Å². The molecule has 39 heavy (non-hydrogen) atoms. The van der Waals surface area contributed by atoms with Gasteiger partial charge in [0.05, 0.1) is 30.0 Å². The van der Waals surface area contributed by atoms with Gasteiger partial charge in [0.15, 0.2) is 0 Å². The molecule has 2 aliphatic carbocycles. The van der Waals surface area contributed by atoms with Crippen LogP contribution in [0.25, 0.3) is 0 Å². The molecule has 2 saturated heterocycles. The van der Waals surface area contributed by atoms with E-state index in [0.29, 0.717) is 29.3 Å². The normalized spacial score (nSPS) is 31.3. The van der Waals surface area contributed by atoms with Gasteiger partial charge in [0.25, 0.3) is 0 Å². The first-order chi connectivity index (χ1) is 18.7. The third kappa shape index (κ3) is 4.30. The van der Waals surface area contributed by atoms with E-state index in [0.717, 1.165) is 12.2 Å². The Kier molecular flexibility index (Phi) is 6.82. The lowest BCUT2D eigenvalue weighted by molar-refractivity contribution is -0.139. The first-order valence-electron chi connectivity index (χ1n) is 13.2.